The number of ether oxygens (including phenoxy) is 10. The highest BCUT2D eigenvalue weighted by Crippen LogP contribution is 2.40. The van der Waals surface area contributed by atoms with Crippen LogP contribution in [0.25, 0.3) is 0 Å². The molecule has 0 saturated carbocycles. The molecule has 33 heteroatoms. The molecule has 73 heavy (non-hydrogen) atoms. The van der Waals surface area contributed by atoms with Crippen LogP contribution in [-0.4, -0.2) is 309 Å². The zero-order valence-electron chi connectivity index (χ0n) is 39.2. The minimum Gasteiger partial charge on any atom is -0.477 e. The third-order valence-electron chi connectivity index (χ3n) is 13.1. The average Bonchev–Trinajstić information content (AvgIpc) is 3.35. The second kappa shape index (κ2) is 25.7. The van der Waals surface area contributed by atoms with Gasteiger partial charge in [0.15, 0.2) is 18.9 Å². The Balaban J connectivity index is 1.50. The number of carboxylic acid groups (broad SMARTS) is 2. The monoisotopic (exact) mass is 1070 g/mol. The van der Waals surface area contributed by atoms with Gasteiger partial charge in [0.1, 0.15) is 110 Å². The lowest BCUT2D eigenvalue weighted by molar-refractivity contribution is -0.400. The van der Waals surface area contributed by atoms with Crippen molar-refractivity contribution in [2.75, 3.05) is 39.6 Å². The number of aliphatic hydroxyl groups is 15. The lowest BCUT2D eigenvalue weighted by Gasteiger charge is -2.52. The fourth-order valence-electron chi connectivity index (χ4n) is 9.06. The van der Waals surface area contributed by atoms with E-state index in [2.05, 4.69) is 5.32 Å². The van der Waals surface area contributed by atoms with Gasteiger partial charge in [0.05, 0.1) is 57.3 Å². The molecule has 5 heterocycles. The van der Waals surface area contributed by atoms with E-state index in [1.807, 2.05) is 0 Å². The van der Waals surface area contributed by atoms with Crippen molar-refractivity contribution in [3.05, 3.63) is 0 Å². The summed E-state index contributed by atoms with van der Waals surface area (Å²) in [7, 11) is 0. The second-order valence-electron chi connectivity index (χ2n) is 18.2. The van der Waals surface area contributed by atoms with Crippen LogP contribution in [0.2, 0.25) is 0 Å². The highest BCUT2D eigenvalue weighted by atomic mass is 16.8. The maximum absolute atomic E-state index is 13.5. The largest absolute Gasteiger partial charge is 0.477 e. The number of amides is 1. The number of rotatable bonds is 22. The Morgan fingerprint density at radius 1 is 0.630 bits per heavy atom. The van der Waals surface area contributed by atoms with Crippen molar-refractivity contribution in [2.45, 2.75) is 191 Å². The summed E-state index contributed by atoms with van der Waals surface area (Å²) >= 11 is 0. The number of aliphatic hydroxyl groups excluding tert-OH is 15. The summed E-state index contributed by atoms with van der Waals surface area (Å²) < 4.78 is 56.7. The molecule has 5 aliphatic rings. The number of carbonyl (C=O) groups excluding carboxylic acids is 1. The van der Waals surface area contributed by atoms with E-state index in [1.165, 1.54) is 6.92 Å². The maximum atomic E-state index is 13.5. The molecule has 0 aliphatic carbocycles. The Kier molecular flexibility index (Phi) is 21.5. The predicted molar refractivity (Wildman–Crippen MR) is 226 cm³/mol. The highest BCUT2D eigenvalue weighted by molar-refractivity contribution is 5.76. The second-order valence-corrected chi connectivity index (χ2v) is 18.2. The number of hydrogen-bond donors (Lipinski definition) is 20. The first-order valence-corrected chi connectivity index (χ1v) is 23.0. The van der Waals surface area contributed by atoms with Gasteiger partial charge in [-0.05, 0) is 6.92 Å². The van der Waals surface area contributed by atoms with Gasteiger partial charge in [0.2, 0.25) is 5.91 Å². The fourth-order valence-corrected chi connectivity index (χ4v) is 9.06. The molecule has 0 spiro atoms. The zero-order valence-corrected chi connectivity index (χ0v) is 39.2. The Morgan fingerprint density at radius 2 is 1.12 bits per heavy atom. The zero-order chi connectivity index (χ0) is 54.6. The molecule has 22 N–H and O–H groups in total. The van der Waals surface area contributed by atoms with E-state index in [4.69, 9.17) is 58.8 Å². The smallest absolute Gasteiger partial charge is 0.364 e. The molecule has 0 bridgehead atoms. The summed E-state index contributed by atoms with van der Waals surface area (Å²) in [5.74, 6) is -11.4. The molecule has 33 nitrogen and oxygen atoms in total. The molecular weight excluding hydrogens is 1000 g/mol. The summed E-state index contributed by atoms with van der Waals surface area (Å²) in [6.07, 6.45) is -46.7. The van der Waals surface area contributed by atoms with Crippen LogP contribution in [-0.2, 0) is 61.8 Å². The van der Waals surface area contributed by atoms with Gasteiger partial charge in [-0.2, -0.15) is 0 Å². The molecule has 1 amide bonds. The molecular formula is C40H69N3O30. The van der Waals surface area contributed by atoms with E-state index < -0.39 is 228 Å². The molecule has 0 radical (unpaired) electrons. The van der Waals surface area contributed by atoms with Gasteiger partial charge < -0.3 is 151 Å². The van der Waals surface area contributed by atoms with Crippen molar-refractivity contribution in [3.8, 4) is 0 Å². The van der Waals surface area contributed by atoms with E-state index in [-0.39, 0.29) is 6.61 Å². The summed E-state index contributed by atoms with van der Waals surface area (Å²) in [4.78, 5) is 38.4. The minimum atomic E-state index is -3.36. The Labute approximate surface area is 413 Å². The molecule has 424 valence electrons. The van der Waals surface area contributed by atoms with Gasteiger partial charge >= 0.3 is 11.9 Å². The van der Waals surface area contributed by atoms with Crippen molar-refractivity contribution in [1.82, 2.24) is 5.32 Å². The van der Waals surface area contributed by atoms with E-state index in [1.54, 1.807) is 0 Å². The Bertz CT molecular complexity index is 1800. The molecule has 0 aromatic heterocycles. The van der Waals surface area contributed by atoms with Gasteiger partial charge in [0, 0.05) is 26.4 Å². The molecule has 0 aromatic rings. The molecule has 27 atom stereocenters. The quantitative estimate of drug-likeness (QED) is 0.0479. The van der Waals surface area contributed by atoms with E-state index >= 15 is 0 Å². The number of carbonyl (C=O) groups is 3. The summed E-state index contributed by atoms with van der Waals surface area (Å²) in [5, 5.41) is 184. The van der Waals surface area contributed by atoms with Gasteiger partial charge in [-0.3, -0.25) is 4.79 Å². The predicted octanol–water partition coefficient (Wildman–Crippen LogP) is -12.4. The van der Waals surface area contributed by atoms with Crippen LogP contribution in [0.1, 0.15) is 26.7 Å². The van der Waals surface area contributed by atoms with Crippen molar-refractivity contribution in [2.24, 2.45) is 11.5 Å². The van der Waals surface area contributed by atoms with Crippen LogP contribution < -0.4 is 16.8 Å². The van der Waals surface area contributed by atoms with E-state index in [9.17, 15) is 101 Å². The fraction of sp³-hybridized carbons (Fsp3) is 0.925. The average molecular weight is 1070 g/mol. The molecule has 5 saturated heterocycles. The Hall–Kier alpha value is -2.67. The maximum Gasteiger partial charge on any atom is 0.364 e. The van der Waals surface area contributed by atoms with Crippen LogP contribution >= 0.6 is 0 Å². The van der Waals surface area contributed by atoms with Crippen molar-refractivity contribution in [1.29, 1.82) is 0 Å². The number of carboxylic acids is 2. The van der Waals surface area contributed by atoms with Crippen LogP contribution in [0.3, 0.4) is 0 Å². The van der Waals surface area contributed by atoms with Gasteiger partial charge in [-0.15, -0.1) is 0 Å². The molecule has 0 unspecified atom stereocenters. The number of nitrogens with two attached hydrogens (primary N) is 2. The highest BCUT2D eigenvalue weighted by Gasteiger charge is 2.62. The van der Waals surface area contributed by atoms with Crippen molar-refractivity contribution in [3.63, 3.8) is 0 Å². The summed E-state index contributed by atoms with van der Waals surface area (Å²) in [6.45, 7) is -2.97. The molecule has 5 rings (SSSR count). The number of hydrogen-bond acceptors (Lipinski definition) is 30. The SMILES string of the molecule is CCO[C@H]1O[C@H](CO)[C@H](O[C@@H]2O[C@@H](CO)[C@H](O[C@H]3O[C@H](CO)[C@@H](O)[C@H](O)[C@H]3NC(C)=O)[C@H](O[C@]3(C(=O)O)C[C@H](O)[C@H](N)[C@H]([C@H](O)[C@H](O)CO[C@]4(C(=O)O)C[C@@H](O)[C@H](N)[C@@H]([C@H](O)[C@@H](O)CO)O4)O3)[C@@H]2O)[C@H](O)[C@H]1O. The lowest BCUT2D eigenvalue weighted by atomic mass is 9.88. The van der Waals surface area contributed by atoms with Gasteiger partial charge in [-0.1, -0.05) is 0 Å². The molecule has 0 aromatic carbocycles. The normalized spacial score (nSPS) is 45.2. The topological polar surface area (TPSA) is 551 Å². The van der Waals surface area contributed by atoms with Crippen LogP contribution in [0.5, 0.6) is 0 Å². The first kappa shape index (κ1) is 61.2. The van der Waals surface area contributed by atoms with Crippen LogP contribution in [0.15, 0.2) is 0 Å². The first-order valence-electron chi connectivity index (χ1n) is 23.0. The number of aliphatic carboxylic acids is 2. The first-order chi connectivity index (χ1) is 34.3. The molecule has 5 aliphatic heterocycles. The van der Waals surface area contributed by atoms with Crippen molar-refractivity contribution < 1.29 is 149 Å². The summed E-state index contributed by atoms with van der Waals surface area (Å²) in [6, 6.07) is -5.18. The molecule has 5 fully saturated rings. The van der Waals surface area contributed by atoms with E-state index in [0.29, 0.717) is 0 Å². The third-order valence-corrected chi connectivity index (χ3v) is 13.1. The van der Waals surface area contributed by atoms with Crippen molar-refractivity contribution >= 4 is 17.8 Å². The minimum absolute atomic E-state index is 0.0341. The standard InChI is InChI=1S/C40H69N3O30/c1-3-64-35-27(58)26(57)29(17(8-46)67-35)69-36-28(59)33(30(18(9-47)68-36)70-34-21(43-11(2)48)25(56)24(55)16(7-45)66-34)73-40(38(62)63)5-13(50)20(42)32(72-40)23(54)15(52)10-65-39(37(60)61)4-12(49)19(41)31(71-39)22(53)14(51)6-44/h12-36,44-47,49-59H,3-10,41-42H2,1-2H3,(H,43,48)(H,60,61)(H,62,63)/t12-,13+,14+,15-,16-,17-,18+,19+,20+,21-,22-,23-,24-,25-,26-,27-,28+,29+,30+,31+,32-,33-,34-,35+,36+,39-,40+/m1/s1. The van der Waals surface area contributed by atoms with Gasteiger partial charge in [0.25, 0.3) is 11.6 Å². The Morgan fingerprint density at radius 3 is 1.64 bits per heavy atom. The van der Waals surface area contributed by atoms with Crippen LogP contribution in [0.4, 0.5) is 0 Å². The number of nitrogens with one attached hydrogen (secondary N) is 1. The lowest BCUT2D eigenvalue weighted by Crippen LogP contribution is -2.71. The van der Waals surface area contributed by atoms with E-state index in [0.717, 1.165) is 6.92 Å². The summed E-state index contributed by atoms with van der Waals surface area (Å²) in [5.41, 5.74) is 12.0. The van der Waals surface area contributed by atoms with Gasteiger partial charge in [-0.25, -0.2) is 9.59 Å². The third kappa shape index (κ3) is 13.0. The van der Waals surface area contributed by atoms with Crippen LogP contribution in [0, 0.1) is 0 Å².